The molecular formula is C15H26CaO3P+. The van der Waals surface area contributed by atoms with E-state index in [2.05, 4.69) is 53.7 Å². The van der Waals surface area contributed by atoms with E-state index in [1.54, 1.807) is 16.7 Å². The van der Waals surface area contributed by atoms with E-state index in [1.165, 1.54) is 12.0 Å². The minimum atomic E-state index is -2.87. The first-order valence-corrected chi connectivity index (χ1v) is 7.61. The molecule has 5 heteroatoms. The molecule has 3 nitrogen and oxygen atoms in total. The summed E-state index contributed by atoms with van der Waals surface area (Å²) in [6.45, 7) is 13.9. The van der Waals surface area contributed by atoms with Crippen molar-refractivity contribution in [2.24, 2.45) is 10.8 Å². The van der Waals surface area contributed by atoms with E-state index in [9.17, 15) is 0 Å². The van der Waals surface area contributed by atoms with Gasteiger partial charge in [0.1, 0.15) is 0 Å². The summed E-state index contributed by atoms with van der Waals surface area (Å²) in [6.07, 6.45) is 5.97. The van der Waals surface area contributed by atoms with Crippen molar-refractivity contribution in [2.75, 3.05) is 0 Å². The molecule has 0 fully saturated rings. The normalized spacial score (nSPS) is 17.0. The molecule has 0 radical (unpaired) electrons. The van der Waals surface area contributed by atoms with Crippen molar-refractivity contribution in [3.63, 3.8) is 0 Å². The van der Waals surface area contributed by atoms with Gasteiger partial charge in [-0.3, -0.25) is 0 Å². The SMILES string of the molecule is CC(C)(C)C1=CC2=CC(C(C)(C)C)=C1C2.O=[P+](O)O.[Ca+2].[H-].[H-]. The van der Waals surface area contributed by atoms with Gasteiger partial charge >= 0.3 is 46.0 Å². The van der Waals surface area contributed by atoms with Crippen LogP contribution < -0.4 is 0 Å². The molecule has 2 aliphatic rings. The van der Waals surface area contributed by atoms with Crippen LogP contribution in [0, 0.1) is 10.8 Å². The first-order valence-electron chi connectivity index (χ1n) is 6.44. The third kappa shape index (κ3) is 5.36. The second-order valence-corrected chi connectivity index (χ2v) is 7.60. The molecule has 0 saturated heterocycles. The third-order valence-electron chi connectivity index (χ3n) is 3.31. The Kier molecular flexibility index (Phi) is 7.35. The standard InChI is InChI=1S/C15H22.Ca.HO3P.2H/c1-14(2,3)12-8-10-7-11(12)13(9-10)15(4,5)6;;1-4(2)3;;/h8-9H,7H2,1-6H3;;(H-,1,2,3);;/q;+2;;2*-1/p+1. The molecule has 0 spiro atoms. The molecule has 0 atom stereocenters. The maximum absolute atomic E-state index is 8.70. The van der Waals surface area contributed by atoms with Gasteiger partial charge in [-0.05, 0) is 39.5 Å². The topological polar surface area (TPSA) is 57.5 Å². The summed E-state index contributed by atoms with van der Waals surface area (Å²) in [6, 6.07) is 0. The minimum Gasteiger partial charge on any atom is -1.00 e. The van der Waals surface area contributed by atoms with Gasteiger partial charge < -0.3 is 2.85 Å². The fraction of sp³-hybridized carbons (Fsp3) is 0.600. The van der Waals surface area contributed by atoms with Gasteiger partial charge in [-0.15, -0.1) is 9.79 Å². The van der Waals surface area contributed by atoms with Gasteiger partial charge in [-0.2, -0.15) is 0 Å². The maximum Gasteiger partial charge on any atom is 2.00 e. The molecule has 0 aromatic carbocycles. The zero-order chi connectivity index (χ0) is 15.0. The Labute approximate surface area is 155 Å². The predicted octanol–water partition coefficient (Wildman–Crippen LogP) is 4.12. The van der Waals surface area contributed by atoms with Gasteiger partial charge in [-0.1, -0.05) is 53.7 Å². The summed E-state index contributed by atoms with van der Waals surface area (Å²) >= 11 is 0. The monoisotopic (exact) mass is 325 g/mol. The number of hydrogen-bond acceptors (Lipinski definition) is 1. The molecule has 0 amide bonds. The molecule has 2 aliphatic carbocycles. The van der Waals surface area contributed by atoms with E-state index in [0.717, 1.165) is 0 Å². The van der Waals surface area contributed by atoms with Gasteiger partial charge in [-0.25, -0.2) is 0 Å². The average Bonchev–Trinajstić information content (AvgIpc) is 2.71. The van der Waals surface area contributed by atoms with Crippen LogP contribution in [0.4, 0.5) is 0 Å². The quantitative estimate of drug-likeness (QED) is 0.520. The Bertz CT molecular complexity index is 494. The second-order valence-electron chi connectivity index (χ2n) is 7.10. The summed E-state index contributed by atoms with van der Waals surface area (Å²) in [7, 11) is -2.87. The van der Waals surface area contributed by atoms with Crippen LogP contribution in [0.5, 0.6) is 0 Å². The number of allylic oxidation sites excluding steroid dienone is 6. The van der Waals surface area contributed by atoms with Crippen molar-refractivity contribution in [3.8, 4) is 0 Å². The van der Waals surface area contributed by atoms with Crippen LogP contribution in [-0.2, 0) is 4.57 Å². The predicted molar refractivity (Wildman–Crippen MR) is 86.7 cm³/mol. The molecule has 20 heavy (non-hydrogen) atoms. The summed E-state index contributed by atoms with van der Waals surface area (Å²) < 4.78 is 8.70. The number of rotatable bonds is 0. The number of hydrogen-bond donors (Lipinski definition) is 2. The molecule has 2 bridgehead atoms. The molecule has 0 saturated carbocycles. The summed E-state index contributed by atoms with van der Waals surface area (Å²) in [4.78, 5) is 14.2. The Balaban J connectivity index is -0.000000466. The van der Waals surface area contributed by atoms with E-state index >= 15 is 0 Å². The van der Waals surface area contributed by atoms with Gasteiger partial charge in [0.05, 0.1) is 0 Å². The molecule has 110 valence electrons. The van der Waals surface area contributed by atoms with Crippen molar-refractivity contribution in [1.29, 1.82) is 0 Å². The van der Waals surface area contributed by atoms with Crippen molar-refractivity contribution in [1.82, 2.24) is 0 Å². The van der Waals surface area contributed by atoms with Crippen LogP contribution >= 0.6 is 8.25 Å². The second kappa shape index (κ2) is 7.17. The first kappa shape index (κ1) is 20.5. The smallest absolute Gasteiger partial charge is 1.00 e. The van der Waals surface area contributed by atoms with Crippen molar-refractivity contribution in [2.45, 2.75) is 48.0 Å². The van der Waals surface area contributed by atoms with E-state index in [-0.39, 0.29) is 40.6 Å². The molecule has 0 aromatic heterocycles. The van der Waals surface area contributed by atoms with Crippen molar-refractivity contribution in [3.05, 3.63) is 34.4 Å². The third-order valence-corrected chi connectivity index (χ3v) is 3.31. The van der Waals surface area contributed by atoms with Gasteiger partial charge in [0, 0.05) is 4.57 Å². The van der Waals surface area contributed by atoms with E-state index < -0.39 is 8.25 Å². The fourth-order valence-corrected chi connectivity index (χ4v) is 2.57. The summed E-state index contributed by atoms with van der Waals surface area (Å²) in [5, 5.41) is 0. The zero-order valence-corrected chi connectivity index (χ0v) is 16.4. The molecule has 2 N–H and O–H groups in total. The van der Waals surface area contributed by atoms with Crippen molar-refractivity contribution < 1.29 is 17.2 Å². The zero-order valence-electron chi connectivity index (χ0n) is 15.3. The molecular weight excluding hydrogens is 299 g/mol. The largest absolute Gasteiger partial charge is 2.00 e. The van der Waals surface area contributed by atoms with E-state index in [0.29, 0.717) is 10.8 Å². The maximum atomic E-state index is 8.70. The molecule has 0 aromatic rings. The molecule has 0 heterocycles. The van der Waals surface area contributed by atoms with Crippen LogP contribution in [0.15, 0.2) is 34.4 Å². The first-order chi connectivity index (χ1) is 8.43. The van der Waals surface area contributed by atoms with Crippen LogP contribution in [0.25, 0.3) is 0 Å². The minimum absolute atomic E-state index is 0. The molecule has 0 unspecified atom stereocenters. The van der Waals surface area contributed by atoms with Gasteiger partial charge in [0.25, 0.3) is 0 Å². The van der Waals surface area contributed by atoms with Crippen LogP contribution in [0.1, 0.15) is 50.8 Å². The average molecular weight is 325 g/mol. The summed E-state index contributed by atoms with van der Waals surface area (Å²) in [5.41, 5.74) is 6.82. The molecule has 0 aliphatic heterocycles. The Morgan fingerprint density at radius 2 is 1.50 bits per heavy atom. The Morgan fingerprint density at radius 1 is 1.05 bits per heavy atom. The Hall–Kier alpha value is 0.500. The number of fused-ring (bicyclic) bond motifs is 2. The summed E-state index contributed by atoms with van der Waals surface area (Å²) in [5.74, 6) is 0. The van der Waals surface area contributed by atoms with Gasteiger partial charge in [0.15, 0.2) is 0 Å². The van der Waals surface area contributed by atoms with Crippen molar-refractivity contribution >= 4 is 46.0 Å². The van der Waals surface area contributed by atoms with Gasteiger partial charge in [0.2, 0.25) is 0 Å². The van der Waals surface area contributed by atoms with Crippen LogP contribution in [-0.4, -0.2) is 47.5 Å². The van der Waals surface area contributed by atoms with E-state index in [4.69, 9.17) is 14.4 Å². The fourth-order valence-electron chi connectivity index (χ4n) is 2.57. The van der Waals surface area contributed by atoms with Crippen LogP contribution in [0.2, 0.25) is 0 Å². The molecule has 2 rings (SSSR count). The Morgan fingerprint density at radius 3 is 1.80 bits per heavy atom. The van der Waals surface area contributed by atoms with E-state index in [1.807, 2.05) is 0 Å². The van der Waals surface area contributed by atoms with Crippen LogP contribution in [0.3, 0.4) is 0 Å².